The number of halogens is 2. The fourth-order valence-electron chi connectivity index (χ4n) is 2.07. The van der Waals surface area contributed by atoms with Crippen molar-refractivity contribution in [1.29, 1.82) is 0 Å². The van der Waals surface area contributed by atoms with Crippen molar-refractivity contribution in [2.24, 2.45) is 10.7 Å². The zero-order chi connectivity index (χ0) is 22.3. The number of hydrogen-bond donors (Lipinski definition) is 3. The van der Waals surface area contributed by atoms with Gasteiger partial charge in [0.15, 0.2) is 17.4 Å². The summed E-state index contributed by atoms with van der Waals surface area (Å²) in [5.74, 6) is 0.234. The number of hydrogen-bond acceptors (Lipinski definition) is 6. The van der Waals surface area contributed by atoms with Crippen LogP contribution in [0.3, 0.4) is 0 Å². The summed E-state index contributed by atoms with van der Waals surface area (Å²) in [6, 6.07) is 4.26. The standard InChI is InChI=1S/C18H20F2N6O3S/c1-9(2)28-11-4-5-12(23-8-11)15(21)25-17(30)26-16-13(29-18(27)22-3)6-10(7-24-16)14(19)20/h4-9,14H,1-3H3,(H,22,27)(H3,21,24,25,26,30). The van der Waals surface area contributed by atoms with Gasteiger partial charge in [-0.1, -0.05) is 0 Å². The number of alkyl halides is 2. The van der Waals surface area contributed by atoms with Crippen LogP contribution in [0.4, 0.5) is 19.4 Å². The first-order valence-corrected chi connectivity index (χ1v) is 9.06. The van der Waals surface area contributed by atoms with Crippen LogP contribution in [0.15, 0.2) is 35.6 Å². The Morgan fingerprint density at radius 3 is 2.57 bits per heavy atom. The smallest absolute Gasteiger partial charge is 0.412 e. The number of rotatable bonds is 6. The molecular formula is C18H20F2N6O3S. The van der Waals surface area contributed by atoms with Crippen LogP contribution in [-0.4, -0.2) is 40.2 Å². The number of pyridine rings is 2. The first-order chi connectivity index (χ1) is 14.2. The summed E-state index contributed by atoms with van der Waals surface area (Å²) < 4.78 is 36.3. The van der Waals surface area contributed by atoms with E-state index in [0.717, 1.165) is 12.3 Å². The molecule has 2 aromatic rings. The highest BCUT2D eigenvalue weighted by molar-refractivity contribution is 7.80. The van der Waals surface area contributed by atoms with Crippen molar-refractivity contribution >= 4 is 35.1 Å². The summed E-state index contributed by atoms with van der Waals surface area (Å²) in [7, 11) is 1.32. The number of amides is 1. The molecule has 0 aromatic carbocycles. The molecule has 4 N–H and O–H groups in total. The Kier molecular flexibility index (Phi) is 7.92. The van der Waals surface area contributed by atoms with E-state index in [9.17, 15) is 13.6 Å². The Bertz CT molecular complexity index is 938. The molecule has 0 unspecified atom stereocenters. The summed E-state index contributed by atoms with van der Waals surface area (Å²) in [6.45, 7) is 3.77. The number of aliphatic imine (C=N–C) groups is 1. The van der Waals surface area contributed by atoms with Crippen molar-refractivity contribution < 1.29 is 23.0 Å². The largest absolute Gasteiger partial charge is 0.489 e. The molecule has 0 aliphatic carbocycles. The van der Waals surface area contributed by atoms with Crippen molar-refractivity contribution in [1.82, 2.24) is 15.3 Å². The Morgan fingerprint density at radius 2 is 2.00 bits per heavy atom. The molecule has 0 radical (unpaired) electrons. The van der Waals surface area contributed by atoms with E-state index in [1.165, 1.54) is 13.2 Å². The Morgan fingerprint density at radius 1 is 1.27 bits per heavy atom. The summed E-state index contributed by atoms with van der Waals surface area (Å²) >= 11 is 5.11. The lowest BCUT2D eigenvalue weighted by Crippen LogP contribution is -2.24. The molecule has 0 aliphatic heterocycles. The molecule has 2 aromatic heterocycles. The fraction of sp³-hybridized carbons (Fsp3) is 0.278. The maximum atomic E-state index is 12.9. The summed E-state index contributed by atoms with van der Waals surface area (Å²) in [6.07, 6.45) is -1.25. The number of carbonyl (C=O) groups is 1. The summed E-state index contributed by atoms with van der Waals surface area (Å²) in [5.41, 5.74) is 5.83. The highest BCUT2D eigenvalue weighted by Crippen LogP contribution is 2.28. The number of anilines is 1. The van der Waals surface area contributed by atoms with Gasteiger partial charge in [-0.2, -0.15) is 0 Å². The van der Waals surface area contributed by atoms with Crippen LogP contribution >= 0.6 is 12.2 Å². The van der Waals surface area contributed by atoms with Crippen LogP contribution in [0.5, 0.6) is 11.5 Å². The van der Waals surface area contributed by atoms with E-state index in [-0.39, 0.29) is 28.6 Å². The lowest BCUT2D eigenvalue weighted by Gasteiger charge is -2.12. The van der Waals surface area contributed by atoms with Gasteiger partial charge in [-0.15, -0.1) is 0 Å². The number of aromatic nitrogens is 2. The normalized spacial score (nSPS) is 11.4. The quantitative estimate of drug-likeness (QED) is 0.357. The van der Waals surface area contributed by atoms with Gasteiger partial charge >= 0.3 is 6.09 Å². The topological polar surface area (TPSA) is 124 Å². The molecule has 30 heavy (non-hydrogen) atoms. The zero-order valence-corrected chi connectivity index (χ0v) is 17.2. The van der Waals surface area contributed by atoms with Gasteiger partial charge in [-0.25, -0.2) is 28.5 Å². The average molecular weight is 438 g/mol. The van der Waals surface area contributed by atoms with E-state index in [1.807, 2.05) is 13.8 Å². The van der Waals surface area contributed by atoms with E-state index in [4.69, 9.17) is 27.4 Å². The number of thiocarbonyl (C=S) groups is 1. The van der Waals surface area contributed by atoms with Crippen LogP contribution in [0.2, 0.25) is 0 Å². The molecule has 12 heteroatoms. The minimum Gasteiger partial charge on any atom is -0.489 e. The first-order valence-electron chi connectivity index (χ1n) is 8.65. The van der Waals surface area contributed by atoms with Gasteiger partial charge < -0.3 is 25.8 Å². The van der Waals surface area contributed by atoms with Gasteiger partial charge in [0.2, 0.25) is 5.11 Å². The lowest BCUT2D eigenvalue weighted by atomic mass is 10.3. The molecular weight excluding hydrogens is 418 g/mol. The Hall–Kier alpha value is -3.41. The summed E-state index contributed by atoms with van der Waals surface area (Å²) in [5, 5.41) is 4.66. The Labute approximate surface area is 176 Å². The minimum absolute atomic E-state index is 0.00145. The van der Waals surface area contributed by atoms with Crippen LogP contribution in [0.1, 0.15) is 31.5 Å². The number of amidine groups is 1. The van der Waals surface area contributed by atoms with Crippen molar-refractivity contribution in [3.05, 3.63) is 41.9 Å². The van der Waals surface area contributed by atoms with Crippen molar-refractivity contribution in [3.8, 4) is 11.5 Å². The SMILES string of the molecule is CNC(=O)Oc1cc(C(F)F)cnc1NC(=S)N=C(N)c1ccc(OC(C)C)cn1. The number of ether oxygens (including phenoxy) is 2. The maximum absolute atomic E-state index is 12.9. The van der Waals surface area contributed by atoms with Crippen molar-refractivity contribution in [2.45, 2.75) is 26.4 Å². The second-order valence-corrected chi connectivity index (χ2v) is 6.42. The highest BCUT2D eigenvalue weighted by Gasteiger charge is 2.16. The van der Waals surface area contributed by atoms with E-state index in [1.54, 1.807) is 12.1 Å². The average Bonchev–Trinajstić information content (AvgIpc) is 2.68. The second-order valence-electron chi connectivity index (χ2n) is 6.03. The first kappa shape index (κ1) is 22.9. The molecule has 0 atom stereocenters. The third kappa shape index (κ3) is 6.58. The molecule has 0 spiro atoms. The van der Waals surface area contributed by atoms with Gasteiger partial charge in [0.1, 0.15) is 11.4 Å². The lowest BCUT2D eigenvalue weighted by molar-refractivity contribution is 0.150. The third-order valence-electron chi connectivity index (χ3n) is 3.35. The second kappa shape index (κ2) is 10.4. The number of carbonyl (C=O) groups excluding carboxylic acids is 1. The van der Waals surface area contributed by atoms with E-state index >= 15 is 0 Å². The fourth-order valence-corrected chi connectivity index (χ4v) is 2.27. The van der Waals surface area contributed by atoms with Crippen LogP contribution in [-0.2, 0) is 0 Å². The molecule has 0 saturated heterocycles. The van der Waals surface area contributed by atoms with Gasteiger partial charge in [0.25, 0.3) is 6.43 Å². The van der Waals surface area contributed by atoms with Crippen LogP contribution in [0, 0.1) is 0 Å². The third-order valence-corrected chi connectivity index (χ3v) is 3.54. The molecule has 2 heterocycles. The molecule has 0 fully saturated rings. The number of nitrogens with one attached hydrogen (secondary N) is 2. The van der Waals surface area contributed by atoms with Crippen molar-refractivity contribution in [2.75, 3.05) is 12.4 Å². The molecule has 9 nitrogen and oxygen atoms in total. The zero-order valence-electron chi connectivity index (χ0n) is 16.3. The molecule has 0 bridgehead atoms. The number of nitrogens with zero attached hydrogens (tertiary/aromatic N) is 3. The van der Waals surface area contributed by atoms with E-state index in [2.05, 4.69) is 25.6 Å². The van der Waals surface area contributed by atoms with Gasteiger partial charge in [0, 0.05) is 18.8 Å². The number of nitrogens with two attached hydrogens (primary N) is 1. The van der Waals surface area contributed by atoms with Gasteiger partial charge in [0.05, 0.1) is 12.3 Å². The van der Waals surface area contributed by atoms with Gasteiger partial charge in [-0.05, 0) is 44.3 Å². The molecule has 0 aliphatic rings. The molecule has 1 amide bonds. The molecule has 160 valence electrons. The highest BCUT2D eigenvalue weighted by atomic mass is 32.1. The molecule has 2 rings (SSSR count). The van der Waals surface area contributed by atoms with E-state index in [0.29, 0.717) is 11.4 Å². The van der Waals surface area contributed by atoms with Crippen LogP contribution < -0.4 is 25.8 Å². The Balaban J connectivity index is 2.18. The predicted octanol–water partition coefficient (Wildman–Crippen LogP) is 3.02. The van der Waals surface area contributed by atoms with Gasteiger partial charge in [-0.3, -0.25) is 0 Å². The van der Waals surface area contributed by atoms with Crippen LogP contribution in [0.25, 0.3) is 0 Å². The predicted molar refractivity (Wildman–Crippen MR) is 111 cm³/mol. The minimum atomic E-state index is -2.80. The van der Waals surface area contributed by atoms with Crippen molar-refractivity contribution in [3.63, 3.8) is 0 Å². The summed E-state index contributed by atoms with van der Waals surface area (Å²) in [4.78, 5) is 23.4. The molecule has 0 saturated carbocycles. The maximum Gasteiger partial charge on any atom is 0.412 e. The van der Waals surface area contributed by atoms with E-state index < -0.39 is 18.1 Å². The monoisotopic (exact) mass is 438 g/mol.